The number of ether oxygens (including phenoxy) is 1. The number of aryl methyl sites for hydroxylation is 1. The second-order valence-electron chi connectivity index (χ2n) is 10.8. The van der Waals surface area contributed by atoms with Crippen molar-refractivity contribution < 1.29 is 4.74 Å². The van der Waals surface area contributed by atoms with Crippen LogP contribution in [-0.2, 0) is 11.3 Å². The maximum absolute atomic E-state index is 5.15. The van der Waals surface area contributed by atoms with Gasteiger partial charge in [0.15, 0.2) is 0 Å². The number of pyridine rings is 1. The third-order valence-electron chi connectivity index (χ3n) is 7.94. The second kappa shape index (κ2) is 12.7. The van der Waals surface area contributed by atoms with Gasteiger partial charge in [0.2, 0.25) is 0 Å². The van der Waals surface area contributed by atoms with E-state index in [0.717, 1.165) is 76.0 Å². The van der Waals surface area contributed by atoms with Gasteiger partial charge >= 0.3 is 0 Å². The standard InChI is InChI=1S/C26H30N4.C7H12O/c1-20-8-10-22(11-9-20)26-24(19-29-16-14-28(2)15-17-29)30-18-23(12-13-25(30)27-26)21-6-4-3-5-7-21;1-2-7-3-5-8-6-4-7/h4,6-13,18H,3,5,14-17,19H2,1-2H3;2,7H,1,3-6H2. The van der Waals surface area contributed by atoms with E-state index >= 15 is 0 Å². The number of imidazole rings is 1. The predicted molar refractivity (Wildman–Crippen MR) is 158 cm³/mol. The van der Waals surface area contributed by atoms with Crippen LogP contribution in [0.25, 0.3) is 22.5 Å². The normalized spacial score (nSPS) is 19.2. The van der Waals surface area contributed by atoms with Crippen LogP contribution in [0.2, 0.25) is 0 Å². The summed E-state index contributed by atoms with van der Waals surface area (Å²) in [5, 5.41) is 0. The number of allylic oxidation sites excluding steroid dienone is 5. The van der Waals surface area contributed by atoms with E-state index < -0.39 is 0 Å². The van der Waals surface area contributed by atoms with Gasteiger partial charge in [0.1, 0.15) is 5.65 Å². The van der Waals surface area contributed by atoms with Crippen LogP contribution in [0.1, 0.15) is 42.5 Å². The SMILES string of the molecule is C=CC1CCOCC1.Cc1ccc(-c2nc3ccc(C4=CCCC=C4)cn3c2CN2CCN(C)CC2)cc1. The van der Waals surface area contributed by atoms with Crippen molar-refractivity contribution in [2.75, 3.05) is 46.4 Å². The summed E-state index contributed by atoms with van der Waals surface area (Å²) in [7, 11) is 2.21. The Morgan fingerprint density at radius 2 is 1.71 bits per heavy atom. The van der Waals surface area contributed by atoms with Crippen LogP contribution in [0.3, 0.4) is 0 Å². The molecule has 2 aliphatic heterocycles. The molecule has 0 atom stereocenters. The summed E-state index contributed by atoms with van der Waals surface area (Å²) in [6, 6.07) is 13.2. The number of aromatic nitrogens is 2. The van der Waals surface area contributed by atoms with Crippen molar-refractivity contribution in [3.05, 3.63) is 90.3 Å². The van der Waals surface area contributed by atoms with Crippen LogP contribution in [0, 0.1) is 12.8 Å². The molecular formula is C33H42N4O. The Balaban J connectivity index is 0.000000316. The molecule has 5 heteroatoms. The van der Waals surface area contributed by atoms with Crippen molar-refractivity contribution in [2.24, 2.45) is 5.92 Å². The highest BCUT2D eigenvalue weighted by atomic mass is 16.5. The molecule has 6 rings (SSSR count). The monoisotopic (exact) mass is 510 g/mol. The molecular weight excluding hydrogens is 468 g/mol. The van der Waals surface area contributed by atoms with Crippen molar-refractivity contribution in [2.45, 2.75) is 39.2 Å². The van der Waals surface area contributed by atoms with E-state index in [4.69, 9.17) is 9.72 Å². The van der Waals surface area contributed by atoms with Crippen molar-refractivity contribution in [3.63, 3.8) is 0 Å². The van der Waals surface area contributed by atoms with Crippen LogP contribution < -0.4 is 0 Å². The predicted octanol–water partition coefficient (Wildman–Crippen LogP) is 6.39. The van der Waals surface area contributed by atoms with Gasteiger partial charge < -0.3 is 14.0 Å². The van der Waals surface area contributed by atoms with Crippen LogP contribution in [0.5, 0.6) is 0 Å². The van der Waals surface area contributed by atoms with Gasteiger partial charge in [-0.2, -0.15) is 0 Å². The maximum atomic E-state index is 5.15. The van der Waals surface area contributed by atoms with Crippen LogP contribution >= 0.6 is 0 Å². The lowest BCUT2D eigenvalue weighted by atomic mass is 10.0. The van der Waals surface area contributed by atoms with E-state index in [9.17, 15) is 0 Å². The van der Waals surface area contributed by atoms with Gasteiger partial charge in [0.25, 0.3) is 0 Å². The first-order valence-electron chi connectivity index (χ1n) is 14.2. The number of rotatable bonds is 5. The zero-order chi connectivity index (χ0) is 26.3. The molecule has 0 N–H and O–H groups in total. The highest BCUT2D eigenvalue weighted by molar-refractivity contribution is 5.76. The Morgan fingerprint density at radius 1 is 0.974 bits per heavy atom. The lowest BCUT2D eigenvalue weighted by Gasteiger charge is -2.32. The summed E-state index contributed by atoms with van der Waals surface area (Å²) in [6.07, 6.45) is 15.8. The fourth-order valence-electron chi connectivity index (χ4n) is 5.35. The molecule has 200 valence electrons. The summed E-state index contributed by atoms with van der Waals surface area (Å²) < 4.78 is 7.48. The molecule has 1 aliphatic carbocycles. The summed E-state index contributed by atoms with van der Waals surface area (Å²) in [5.41, 5.74) is 8.50. The zero-order valence-corrected chi connectivity index (χ0v) is 23.1. The Hall–Kier alpha value is -2.99. The molecule has 0 unspecified atom stereocenters. The van der Waals surface area contributed by atoms with Crippen molar-refractivity contribution in [1.29, 1.82) is 0 Å². The number of nitrogens with zero attached hydrogens (tertiary/aromatic N) is 4. The van der Waals surface area contributed by atoms with Gasteiger partial charge in [-0.1, -0.05) is 54.1 Å². The van der Waals surface area contributed by atoms with E-state index in [-0.39, 0.29) is 0 Å². The third-order valence-corrected chi connectivity index (χ3v) is 7.94. The lowest BCUT2D eigenvalue weighted by molar-refractivity contribution is 0.0786. The molecule has 38 heavy (non-hydrogen) atoms. The Kier molecular flexibility index (Phi) is 8.90. The van der Waals surface area contributed by atoms with Gasteiger partial charge in [0.05, 0.1) is 11.4 Å². The molecule has 1 aromatic carbocycles. The van der Waals surface area contributed by atoms with Gasteiger partial charge in [0, 0.05) is 57.7 Å². The molecule has 5 nitrogen and oxygen atoms in total. The first-order valence-corrected chi connectivity index (χ1v) is 14.2. The smallest absolute Gasteiger partial charge is 0.137 e. The number of piperazine rings is 1. The third kappa shape index (κ3) is 6.52. The first-order chi connectivity index (χ1) is 18.6. The van der Waals surface area contributed by atoms with Crippen molar-refractivity contribution >= 4 is 11.2 Å². The fourth-order valence-corrected chi connectivity index (χ4v) is 5.35. The Bertz CT molecular complexity index is 1270. The first kappa shape index (κ1) is 26.6. The van der Waals surface area contributed by atoms with Crippen LogP contribution in [0.15, 0.2) is 73.5 Å². The van der Waals surface area contributed by atoms with E-state index in [1.165, 1.54) is 40.8 Å². The molecule has 0 radical (unpaired) electrons. The molecule has 0 bridgehead atoms. The molecule has 0 saturated carbocycles. The van der Waals surface area contributed by atoms with Gasteiger partial charge in [-0.3, -0.25) is 4.90 Å². The van der Waals surface area contributed by atoms with E-state index in [2.05, 4.69) is 95.6 Å². The number of hydrogen-bond acceptors (Lipinski definition) is 4. The molecule has 4 heterocycles. The Labute approximate surface area is 228 Å². The highest BCUT2D eigenvalue weighted by Gasteiger charge is 2.20. The minimum atomic E-state index is 0.726. The molecule has 0 spiro atoms. The molecule has 0 amide bonds. The highest BCUT2D eigenvalue weighted by Crippen LogP contribution is 2.29. The number of benzene rings is 1. The average molecular weight is 511 g/mol. The average Bonchev–Trinajstić information content (AvgIpc) is 3.33. The summed E-state index contributed by atoms with van der Waals surface area (Å²) in [4.78, 5) is 10.0. The molecule has 2 saturated heterocycles. The number of hydrogen-bond donors (Lipinski definition) is 0. The van der Waals surface area contributed by atoms with Crippen LogP contribution in [-0.4, -0.2) is 65.6 Å². The van der Waals surface area contributed by atoms with E-state index in [0.29, 0.717) is 0 Å². The molecule has 3 aromatic rings. The van der Waals surface area contributed by atoms with Crippen molar-refractivity contribution in [1.82, 2.24) is 19.2 Å². The van der Waals surface area contributed by atoms with Gasteiger partial charge in [-0.05, 0) is 68.8 Å². The minimum absolute atomic E-state index is 0.726. The van der Waals surface area contributed by atoms with Gasteiger partial charge in [-0.25, -0.2) is 4.98 Å². The quantitative estimate of drug-likeness (QED) is 0.373. The zero-order valence-electron chi connectivity index (χ0n) is 23.1. The fraction of sp³-hybridized carbons (Fsp3) is 0.424. The van der Waals surface area contributed by atoms with Crippen molar-refractivity contribution in [3.8, 4) is 11.3 Å². The molecule has 2 aromatic heterocycles. The molecule has 3 aliphatic rings. The van der Waals surface area contributed by atoms with E-state index in [1.54, 1.807) is 0 Å². The largest absolute Gasteiger partial charge is 0.381 e. The lowest BCUT2D eigenvalue weighted by Crippen LogP contribution is -2.44. The minimum Gasteiger partial charge on any atom is -0.381 e. The van der Waals surface area contributed by atoms with E-state index in [1.807, 2.05) is 6.08 Å². The van der Waals surface area contributed by atoms with Crippen LogP contribution in [0.4, 0.5) is 0 Å². The Morgan fingerprint density at radius 3 is 2.37 bits per heavy atom. The maximum Gasteiger partial charge on any atom is 0.137 e. The van der Waals surface area contributed by atoms with Gasteiger partial charge in [-0.15, -0.1) is 6.58 Å². The summed E-state index contributed by atoms with van der Waals surface area (Å²) >= 11 is 0. The number of likely N-dealkylation sites (N-methyl/N-ethyl adjacent to an activating group) is 1. The number of fused-ring (bicyclic) bond motifs is 1. The summed E-state index contributed by atoms with van der Waals surface area (Å²) in [5.74, 6) is 0.726. The topological polar surface area (TPSA) is 33.0 Å². The molecule has 2 fully saturated rings. The summed E-state index contributed by atoms with van der Waals surface area (Å²) in [6.45, 7) is 13.1. The second-order valence-corrected chi connectivity index (χ2v) is 10.8.